The summed E-state index contributed by atoms with van der Waals surface area (Å²) in [5, 5.41) is 23.5. The number of fused-ring (bicyclic) bond motifs is 1. The zero-order valence-corrected chi connectivity index (χ0v) is 17.7. The van der Waals surface area contributed by atoms with Crippen molar-refractivity contribution < 1.29 is 34.1 Å². The second-order valence-corrected chi connectivity index (χ2v) is 8.15. The summed E-state index contributed by atoms with van der Waals surface area (Å²) in [5.41, 5.74) is -0.810. The third kappa shape index (κ3) is 2.96. The molecule has 2 aliphatic rings. The molecule has 2 saturated heterocycles. The van der Waals surface area contributed by atoms with E-state index in [1.165, 1.54) is 51.3 Å². The van der Waals surface area contributed by atoms with E-state index in [9.17, 15) is 29.4 Å². The predicted molar refractivity (Wildman–Crippen MR) is 112 cm³/mol. The first-order valence-corrected chi connectivity index (χ1v) is 9.97. The van der Waals surface area contributed by atoms with Crippen LogP contribution in [-0.4, -0.2) is 46.4 Å². The lowest BCUT2D eigenvalue weighted by molar-refractivity contribution is -0.147. The minimum absolute atomic E-state index is 0.163. The van der Waals surface area contributed by atoms with Crippen molar-refractivity contribution in [1.82, 2.24) is 5.32 Å². The van der Waals surface area contributed by atoms with Gasteiger partial charge in [0.05, 0.1) is 24.6 Å². The summed E-state index contributed by atoms with van der Waals surface area (Å²) in [5.74, 6) is -5.01. The van der Waals surface area contributed by atoms with Gasteiger partial charge in [0.2, 0.25) is 11.8 Å². The molecule has 2 aliphatic heterocycles. The standard InChI is InChI=1S/C23H22N2O7/c1-11(26)12-7-9-13(10-8-12)25-20(28)16-17(21(25)29)23(2,22(30)31)24-18(16)14-5-4-6-15(32-3)19(14)27/h4-10,16-18,24,27H,1-3H3,(H,30,31). The quantitative estimate of drug-likeness (QED) is 0.476. The molecule has 4 atom stereocenters. The number of amides is 2. The van der Waals surface area contributed by atoms with Crippen LogP contribution in [0, 0.1) is 11.8 Å². The first-order chi connectivity index (χ1) is 15.1. The number of carboxylic acid groups (broad SMARTS) is 1. The van der Waals surface area contributed by atoms with Crippen molar-refractivity contribution in [3.8, 4) is 11.5 Å². The van der Waals surface area contributed by atoms with E-state index in [1.54, 1.807) is 12.1 Å². The Kier molecular flexibility index (Phi) is 5.01. The molecule has 2 aromatic carbocycles. The number of hydrogen-bond acceptors (Lipinski definition) is 7. The van der Waals surface area contributed by atoms with Crippen molar-refractivity contribution in [2.24, 2.45) is 11.8 Å². The Hall–Kier alpha value is -3.72. The Bertz CT molecular complexity index is 1140. The zero-order chi connectivity index (χ0) is 23.4. The number of para-hydroxylation sites is 1. The van der Waals surface area contributed by atoms with Crippen molar-refractivity contribution >= 4 is 29.3 Å². The number of carboxylic acids is 1. The van der Waals surface area contributed by atoms with Gasteiger partial charge in [0.25, 0.3) is 0 Å². The smallest absolute Gasteiger partial charge is 0.324 e. The lowest BCUT2D eigenvalue weighted by Crippen LogP contribution is -2.53. The van der Waals surface area contributed by atoms with Crippen LogP contribution in [0.25, 0.3) is 0 Å². The van der Waals surface area contributed by atoms with Gasteiger partial charge in [-0.25, -0.2) is 4.90 Å². The van der Waals surface area contributed by atoms with Gasteiger partial charge >= 0.3 is 5.97 Å². The summed E-state index contributed by atoms with van der Waals surface area (Å²) < 4.78 is 5.14. The Labute approximate surface area is 183 Å². The number of ether oxygens (including phenoxy) is 1. The molecule has 0 saturated carbocycles. The van der Waals surface area contributed by atoms with Crippen molar-refractivity contribution in [3.63, 3.8) is 0 Å². The predicted octanol–water partition coefficient (Wildman–Crippen LogP) is 1.90. The molecule has 3 N–H and O–H groups in total. The van der Waals surface area contributed by atoms with Crippen LogP contribution < -0.4 is 15.0 Å². The third-order valence-corrected chi connectivity index (χ3v) is 6.35. The molecule has 2 amide bonds. The van der Waals surface area contributed by atoms with Gasteiger partial charge in [-0.15, -0.1) is 0 Å². The number of aliphatic carboxylic acids is 1. The summed E-state index contributed by atoms with van der Waals surface area (Å²) in [6.07, 6.45) is 0. The third-order valence-electron chi connectivity index (χ3n) is 6.35. The lowest BCUT2D eigenvalue weighted by Gasteiger charge is -2.27. The van der Waals surface area contributed by atoms with E-state index >= 15 is 0 Å². The van der Waals surface area contributed by atoms with Gasteiger partial charge in [-0.05, 0) is 44.2 Å². The molecule has 32 heavy (non-hydrogen) atoms. The number of phenolic OH excluding ortho intramolecular Hbond substituents is 1. The molecular weight excluding hydrogens is 416 g/mol. The van der Waals surface area contributed by atoms with Crippen LogP contribution in [-0.2, 0) is 14.4 Å². The number of nitrogens with one attached hydrogen (secondary N) is 1. The number of phenols is 1. The van der Waals surface area contributed by atoms with Crippen LogP contribution in [0.5, 0.6) is 11.5 Å². The fourth-order valence-electron chi connectivity index (χ4n) is 4.66. The second kappa shape index (κ2) is 7.45. The molecule has 2 aromatic rings. The van der Waals surface area contributed by atoms with E-state index in [-0.39, 0.29) is 28.5 Å². The highest BCUT2D eigenvalue weighted by molar-refractivity contribution is 6.24. The molecule has 0 aliphatic carbocycles. The molecule has 0 aromatic heterocycles. The average Bonchev–Trinajstić information content (AvgIpc) is 3.22. The number of Topliss-reactive ketones (excluding diaryl/α,β-unsaturated/α-hetero) is 1. The van der Waals surface area contributed by atoms with Crippen molar-refractivity contribution in [2.45, 2.75) is 25.4 Å². The topological polar surface area (TPSA) is 133 Å². The molecule has 0 radical (unpaired) electrons. The van der Waals surface area contributed by atoms with Crippen LogP contribution >= 0.6 is 0 Å². The van der Waals surface area contributed by atoms with E-state index in [0.717, 1.165) is 4.90 Å². The van der Waals surface area contributed by atoms with Crippen LogP contribution in [0.15, 0.2) is 42.5 Å². The van der Waals surface area contributed by atoms with E-state index in [0.29, 0.717) is 5.56 Å². The van der Waals surface area contributed by atoms with Gasteiger partial charge in [-0.3, -0.25) is 24.5 Å². The monoisotopic (exact) mass is 438 g/mol. The molecule has 2 fully saturated rings. The first-order valence-electron chi connectivity index (χ1n) is 9.97. The Balaban J connectivity index is 1.82. The Morgan fingerprint density at radius 3 is 2.31 bits per heavy atom. The number of methoxy groups -OCH3 is 1. The summed E-state index contributed by atoms with van der Waals surface area (Å²) in [4.78, 5) is 51.6. The average molecular weight is 438 g/mol. The van der Waals surface area contributed by atoms with Crippen molar-refractivity contribution in [1.29, 1.82) is 0 Å². The first kappa shape index (κ1) is 21.5. The SMILES string of the molecule is COc1cccc(C2NC(C)(C(=O)O)C3C(=O)N(c4ccc(C(C)=O)cc4)C(=O)C23)c1O. The van der Waals surface area contributed by atoms with Gasteiger partial charge in [0, 0.05) is 17.2 Å². The number of rotatable bonds is 5. The highest BCUT2D eigenvalue weighted by Gasteiger charge is 2.67. The second-order valence-electron chi connectivity index (χ2n) is 8.15. The maximum Gasteiger partial charge on any atom is 0.324 e. The van der Waals surface area contributed by atoms with Crippen LogP contribution in [0.2, 0.25) is 0 Å². The number of anilines is 1. The Morgan fingerprint density at radius 1 is 1.09 bits per heavy atom. The maximum atomic E-state index is 13.5. The van der Waals surface area contributed by atoms with Crippen molar-refractivity contribution in [2.75, 3.05) is 12.0 Å². The summed E-state index contributed by atoms with van der Waals surface area (Å²) in [6, 6.07) is 9.75. The summed E-state index contributed by atoms with van der Waals surface area (Å²) in [7, 11) is 1.38. The normalized spacial score (nSPS) is 26.8. The molecule has 2 heterocycles. The minimum atomic E-state index is -1.74. The number of carbonyl (C=O) groups excluding carboxylic acids is 3. The maximum absolute atomic E-state index is 13.5. The number of imide groups is 1. The van der Waals surface area contributed by atoms with Gasteiger partial charge in [-0.2, -0.15) is 0 Å². The number of benzene rings is 2. The van der Waals surface area contributed by atoms with Crippen LogP contribution in [0.4, 0.5) is 5.69 Å². The fourth-order valence-corrected chi connectivity index (χ4v) is 4.66. The highest BCUT2D eigenvalue weighted by Crippen LogP contribution is 2.51. The minimum Gasteiger partial charge on any atom is -0.504 e. The molecule has 9 nitrogen and oxygen atoms in total. The number of hydrogen-bond donors (Lipinski definition) is 3. The number of nitrogens with zero attached hydrogens (tertiary/aromatic N) is 1. The van der Waals surface area contributed by atoms with Gasteiger partial charge < -0.3 is 14.9 Å². The van der Waals surface area contributed by atoms with E-state index < -0.39 is 41.2 Å². The lowest BCUT2D eigenvalue weighted by atomic mass is 9.80. The van der Waals surface area contributed by atoms with Gasteiger partial charge in [0.1, 0.15) is 5.54 Å². The van der Waals surface area contributed by atoms with Gasteiger partial charge in [-0.1, -0.05) is 12.1 Å². The molecule has 4 rings (SSSR count). The van der Waals surface area contributed by atoms with E-state index in [4.69, 9.17) is 4.74 Å². The number of aromatic hydroxyl groups is 1. The number of ketones is 1. The largest absolute Gasteiger partial charge is 0.504 e. The van der Waals surface area contributed by atoms with E-state index in [1.807, 2.05) is 0 Å². The van der Waals surface area contributed by atoms with Gasteiger partial charge in [0.15, 0.2) is 17.3 Å². The van der Waals surface area contributed by atoms with Crippen LogP contribution in [0.1, 0.15) is 35.8 Å². The molecule has 0 bridgehead atoms. The summed E-state index contributed by atoms with van der Waals surface area (Å²) >= 11 is 0. The molecule has 0 spiro atoms. The highest BCUT2D eigenvalue weighted by atomic mass is 16.5. The van der Waals surface area contributed by atoms with Crippen molar-refractivity contribution in [3.05, 3.63) is 53.6 Å². The summed E-state index contributed by atoms with van der Waals surface area (Å²) in [6.45, 7) is 2.76. The Morgan fingerprint density at radius 2 is 1.75 bits per heavy atom. The molecule has 166 valence electrons. The molecule has 4 unspecified atom stereocenters. The molecule has 9 heteroatoms. The van der Waals surface area contributed by atoms with E-state index in [2.05, 4.69) is 5.32 Å². The zero-order valence-electron chi connectivity index (χ0n) is 17.7. The van der Waals surface area contributed by atoms with Crippen LogP contribution in [0.3, 0.4) is 0 Å². The fraction of sp³-hybridized carbons (Fsp3) is 0.304. The number of carbonyl (C=O) groups is 4. The molecular formula is C23H22N2O7.